The van der Waals surface area contributed by atoms with E-state index in [1.54, 1.807) is 17.9 Å². The molecule has 0 unspecified atom stereocenters. The molecule has 124 valence electrons. The summed E-state index contributed by atoms with van der Waals surface area (Å²) in [6, 6.07) is 4.27. The Morgan fingerprint density at radius 3 is 2.71 bits per heavy atom. The fourth-order valence-electron chi connectivity index (χ4n) is 2.90. The van der Waals surface area contributed by atoms with Crippen LogP contribution in [0.4, 0.5) is 0 Å². The van der Waals surface area contributed by atoms with Crippen molar-refractivity contribution in [3.05, 3.63) is 58.2 Å². The van der Waals surface area contributed by atoms with Crippen LogP contribution in [0.1, 0.15) is 27.2 Å². The number of allylic oxidation sites excluding steroid dienone is 1. The van der Waals surface area contributed by atoms with Crippen LogP contribution in [0.5, 0.6) is 0 Å². The van der Waals surface area contributed by atoms with Gasteiger partial charge in [-0.05, 0) is 38.0 Å². The zero-order chi connectivity index (χ0) is 17.4. The molecule has 0 aliphatic heterocycles. The Balaban J connectivity index is 2.25. The molecule has 0 atom stereocenters. The monoisotopic (exact) mass is 340 g/mol. The average molecular weight is 340 g/mol. The smallest absolute Gasteiger partial charge is 0.298 e. The second-order valence-electron chi connectivity index (χ2n) is 5.93. The number of amides is 1. The predicted molar refractivity (Wildman–Crippen MR) is 97.3 cm³/mol. The molecule has 5 nitrogen and oxygen atoms in total. The van der Waals surface area contributed by atoms with Gasteiger partial charge in [0.25, 0.3) is 5.91 Å². The van der Waals surface area contributed by atoms with Crippen molar-refractivity contribution in [1.29, 1.82) is 0 Å². The van der Waals surface area contributed by atoms with Crippen LogP contribution in [0, 0.1) is 20.8 Å². The highest BCUT2D eigenvalue weighted by Crippen LogP contribution is 2.23. The molecule has 0 radical (unpaired) electrons. The molecule has 0 aliphatic carbocycles. The number of thiazole rings is 1. The Kier molecular flexibility index (Phi) is 4.24. The SMILES string of the molecule is C=CCn1c(=NC(=O)c2c(C)cnn2C)sc2c(C)cc(C)cc21. The summed E-state index contributed by atoms with van der Waals surface area (Å²) in [7, 11) is 1.76. The van der Waals surface area contributed by atoms with Crippen molar-refractivity contribution in [2.45, 2.75) is 27.3 Å². The molecule has 24 heavy (non-hydrogen) atoms. The van der Waals surface area contributed by atoms with E-state index < -0.39 is 0 Å². The van der Waals surface area contributed by atoms with Gasteiger partial charge in [-0.3, -0.25) is 9.48 Å². The first-order valence-corrected chi connectivity index (χ1v) is 8.53. The first kappa shape index (κ1) is 16.4. The Hall–Kier alpha value is -2.47. The van der Waals surface area contributed by atoms with Crippen molar-refractivity contribution in [3.8, 4) is 0 Å². The van der Waals surface area contributed by atoms with Gasteiger partial charge < -0.3 is 4.57 Å². The molecule has 0 bridgehead atoms. The zero-order valence-corrected chi connectivity index (χ0v) is 15.1. The Bertz CT molecular complexity index is 1000. The highest BCUT2D eigenvalue weighted by molar-refractivity contribution is 7.16. The van der Waals surface area contributed by atoms with Crippen molar-refractivity contribution in [1.82, 2.24) is 14.3 Å². The van der Waals surface area contributed by atoms with Crippen molar-refractivity contribution < 1.29 is 4.79 Å². The molecule has 1 aromatic carbocycles. The number of benzene rings is 1. The standard InChI is InChI=1S/C18H20N4OS/c1-6-7-22-14-9-11(2)8-12(3)16(14)24-18(22)20-17(23)15-13(4)10-19-21(15)5/h6,8-10H,1,7H2,2-5H3. The largest absolute Gasteiger partial charge is 0.312 e. The number of rotatable bonds is 3. The lowest BCUT2D eigenvalue weighted by Gasteiger charge is -2.03. The fraction of sp³-hybridized carbons (Fsp3) is 0.278. The van der Waals surface area contributed by atoms with Gasteiger partial charge in [-0.2, -0.15) is 10.1 Å². The lowest BCUT2D eigenvalue weighted by atomic mass is 10.1. The van der Waals surface area contributed by atoms with Gasteiger partial charge in [0.1, 0.15) is 5.69 Å². The zero-order valence-electron chi connectivity index (χ0n) is 14.3. The van der Waals surface area contributed by atoms with Crippen LogP contribution >= 0.6 is 11.3 Å². The molecule has 2 heterocycles. The third-order valence-electron chi connectivity index (χ3n) is 3.95. The van der Waals surface area contributed by atoms with E-state index in [1.165, 1.54) is 22.5 Å². The first-order valence-electron chi connectivity index (χ1n) is 7.71. The van der Waals surface area contributed by atoms with Gasteiger partial charge in [0, 0.05) is 19.2 Å². The number of nitrogens with zero attached hydrogens (tertiary/aromatic N) is 4. The summed E-state index contributed by atoms with van der Waals surface area (Å²) < 4.78 is 4.76. The van der Waals surface area contributed by atoms with Crippen LogP contribution in [0.3, 0.4) is 0 Å². The molecular formula is C18H20N4OS. The maximum atomic E-state index is 12.6. The molecule has 2 aromatic heterocycles. The Morgan fingerprint density at radius 2 is 2.08 bits per heavy atom. The van der Waals surface area contributed by atoms with Gasteiger partial charge in [0.15, 0.2) is 4.80 Å². The maximum Gasteiger partial charge on any atom is 0.298 e. The molecule has 3 aromatic rings. The number of carbonyl (C=O) groups is 1. The van der Waals surface area contributed by atoms with Crippen LogP contribution in [0.15, 0.2) is 36.0 Å². The van der Waals surface area contributed by atoms with Gasteiger partial charge in [0.05, 0.1) is 16.4 Å². The molecule has 3 rings (SSSR count). The second kappa shape index (κ2) is 6.20. The summed E-state index contributed by atoms with van der Waals surface area (Å²) in [4.78, 5) is 17.7. The second-order valence-corrected chi connectivity index (χ2v) is 6.91. The number of aryl methyl sites for hydroxylation is 4. The van der Waals surface area contributed by atoms with Gasteiger partial charge >= 0.3 is 0 Å². The van der Waals surface area contributed by atoms with Crippen LogP contribution in [-0.4, -0.2) is 20.3 Å². The third-order valence-corrected chi connectivity index (χ3v) is 5.18. The van der Waals surface area contributed by atoms with Crippen LogP contribution < -0.4 is 4.80 Å². The van der Waals surface area contributed by atoms with E-state index >= 15 is 0 Å². The van der Waals surface area contributed by atoms with E-state index in [4.69, 9.17) is 0 Å². The topological polar surface area (TPSA) is 52.2 Å². The molecule has 0 spiro atoms. The molecular weight excluding hydrogens is 320 g/mol. The minimum Gasteiger partial charge on any atom is -0.312 e. The maximum absolute atomic E-state index is 12.6. The van der Waals surface area contributed by atoms with Gasteiger partial charge in [0.2, 0.25) is 0 Å². The number of fused-ring (bicyclic) bond motifs is 1. The molecule has 6 heteroatoms. The highest BCUT2D eigenvalue weighted by atomic mass is 32.1. The third kappa shape index (κ3) is 2.73. The molecule has 0 saturated heterocycles. The first-order chi connectivity index (χ1) is 11.4. The molecule has 0 aliphatic rings. The molecule has 0 fully saturated rings. The fourth-order valence-corrected chi connectivity index (χ4v) is 3.99. The highest BCUT2D eigenvalue weighted by Gasteiger charge is 2.15. The summed E-state index contributed by atoms with van der Waals surface area (Å²) in [6.07, 6.45) is 3.50. The summed E-state index contributed by atoms with van der Waals surface area (Å²) in [5, 5.41) is 4.12. The van der Waals surface area contributed by atoms with E-state index in [2.05, 4.69) is 42.7 Å². The van der Waals surface area contributed by atoms with Crippen LogP contribution in [-0.2, 0) is 13.6 Å². The average Bonchev–Trinajstić information content (AvgIpc) is 3.01. The minimum absolute atomic E-state index is 0.272. The lowest BCUT2D eigenvalue weighted by molar-refractivity contribution is 0.0988. The van der Waals surface area contributed by atoms with Gasteiger partial charge in [-0.25, -0.2) is 0 Å². The normalized spacial score (nSPS) is 12.1. The van der Waals surface area contributed by atoms with E-state index in [1.807, 2.05) is 17.6 Å². The molecule has 0 saturated carbocycles. The van der Waals surface area contributed by atoms with Gasteiger partial charge in [-0.15, -0.1) is 6.58 Å². The number of carbonyl (C=O) groups excluding carboxylic acids is 1. The Labute approximate surface area is 144 Å². The van der Waals surface area contributed by atoms with Crippen molar-refractivity contribution in [3.63, 3.8) is 0 Å². The van der Waals surface area contributed by atoms with Gasteiger partial charge in [-0.1, -0.05) is 23.5 Å². The summed E-state index contributed by atoms with van der Waals surface area (Å²) in [6.45, 7) is 10.5. The van der Waals surface area contributed by atoms with Crippen LogP contribution in [0.2, 0.25) is 0 Å². The van der Waals surface area contributed by atoms with Crippen molar-refractivity contribution >= 4 is 27.5 Å². The van der Waals surface area contributed by atoms with Crippen molar-refractivity contribution in [2.24, 2.45) is 12.0 Å². The van der Waals surface area contributed by atoms with Crippen molar-refractivity contribution in [2.75, 3.05) is 0 Å². The summed E-state index contributed by atoms with van der Waals surface area (Å²) in [5.74, 6) is -0.272. The summed E-state index contributed by atoms with van der Waals surface area (Å²) >= 11 is 1.53. The summed E-state index contributed by atoms with van der Waals surface area (Å²) in [5.41, 5.74) is 4.82. The number of hydrogen-bond donors (Lipinski definition) is 0. The van der Waals surface area contributed by atoms with E-state index in [0.717, 1.165) is 15.8 Å². The number of aromatic nitrogens is 3. The minimum atomic E-state index is -0.272. The molecule has 0 N–H and O–H groups in total. The number of hydrogen-bond acceptors (Lipinski definition) is 3. The quantitative estimate of drug-likeness (QED) is 0.687. The van der Waals surface area contributed by atoms with E-state index in [0.29, 0.717) is 17.0 Å². The van der Waals surface area contributed by atoms with E-state index in [9.17, 15) is 4.79 Å². The van der Waals surface area contributed by atoms with E-state index in [-0.39, 0.29) is 5.91 Å². The predicted octanol–water partition coefficient (Wildman–Crippen LogP) is 3.29. The van der Waals surface area contributed by atoms with Crippen LogP contribution in [0.25, 0.3) is 10.2 Å². The lowest BCUT2D eigenvalue weighted by Crippen LogP contribution is -2.17. The molecule has 1 amide bonds. The Morgan fingerprint density at radius 1 is 1.33 bits per heavy atom.